The summed E-state index contributed by atoms with van der Waals surface area (Å²) in [7, 11) is 0. The SMILES string of the molecule is CCCC(CCC)C(=O)N1CCC(c2nc3ccccc3o2)CC1. The lowest BCUT2D eigenvalue weighted by atomic mass is 9.92. The number of benzene rings is 1. The summed E-state index contributed by atoms with van der Waals surface area (Å²) in [6.07, 6.45) is 6.08. The third kappa shape index (κ3) is 3.63. The van der Waals surface area contributed by atoms with Crippen LogP contribution in [0.1, 0.15) is 64.2 Å². The first kappa shape index (κ1) is 17.0. The molecule has 4 heteroatoms. The number of oxazole rings is 1. The second-order valence-electron chi connectivity index (χ2n) is 6.89. The number of rotatable bonds is 6. The molecule has 1 aliphatic rings. The summed E-state index contributed by atoms with van der Waals surface area (Å²) in [5.41, 5.74) is 1.79. The van der Waals surface area contributed by atoms with Gasteiger partial charge in [0.05, 0.1) is 0 Å². The molecule has 0 spiro atoms. The van der Waals surface area contributed by atoms with Gasteiger partial charge in [-0.3, -0.25) is 4.79 Å². The summed E-state index contributed by atoms with van der Waals surface area (Å²) in [4.78, 5) is 19.4. The number of piperidine rings is 1. The van der Waals surface area contributed by atoms with Gasteiger partial charge in [0.15, 0.2) is 11.5 Å². The van der Waals surface area contributed by atoms with Gasteiger partial charge in [-0.25, -0.2) is 4.98 Å². The zero-order valence-corrected chi connectivity index (χ0v) is 14.8. The zero-order chi connectivity index (χ0) is 16.9. The first-order valence-electron chi connectivity index (χ1n) is 9.37. The van der Waals surface area contributed by atoms with E-state index in [1.165, 1.54) is 0 Å². The van der Waals surface area contributed by atoms with Crippen LogP contribution in [-0.4, -0.2) is 28.9 Å². The molecule has 1 amide bonds. The Morgan fingerprint density at radius 3 is 2.50 bits per heavy atom. The Hall–Kier alpha value is -1.84. The predicted molar refractivity (Wildman–Crippen MR) is 95.9 cm³/mol. The summed E-state index contributed by atoms with van der Waals surface area (Å²) in [6.45, 7) is 5.98. The van der Waals surface area contributed by atoms with E-state index in [4.69, 9.17) is 4.42 Å². The Morgan fingerprint density at radius 1 is 1.21 bits per heavy atom. The molecule has 1 aromatic heterocycles. The third-order valence-electron chi connectivity index (χ3n) is 5.09. The van der Waals surface area contributed by atoms with E-state index in [9.17, 15) is 4.79 Å². The highest BCUT2D eigenvalue weighted by Gasteiger charge is 2.29. The number of likely N-dealkylation sites (tertiary alicyclic amines) is 1. The molecule has 24 heavy (non-hydrogen) atoms. The molecule has 1 aliphatic heterocycles. The van der Waals surface area contributed by atoms with E-state index < -0.39 is 0 Å². The molecule has 0 bridgehead atoms. The Kier molecular flexibility index (Phi) is 5.54. The van der Waals surface area contributed by atoms with Crippen molar-refractivity contribution < 1.29 is 9.21 Å². The molecular weight excluding hydrogens is 300 g/mol. The number of para-hydroxylation sites is 2. The van der Waals surface area contributed by atoms with Gasteiger partial charge in [0.1, 0.15) is 5.52 Å². The maximum Gasteiger partial charge on any atom is 0.225 e. The van der Waals surface area contributed by atoms with Crippen LogP contribution in [0.4, 0.5) is 0 Å². The van der Waals surface area contributed by atoms with Crippen LogP contribution in [0, 0.1) is 5.92 Å². The third-order valence-corrected chi connectivity index (χ3v) is 5.09. The van der Waals surface area contributed by atoms with Crippen LogP contribution < -0.4 is 0 Å². The van der Waals surface area contributed by atoms with Crippen molar-refractivity contribution in [1.82, 2.24) is 9.88 Å². The average Bonchev–Trinajstić information content (AvgIpc) is 3.05. The smallest absolute Gasteiger partial charge is 0.225 e. The van der Waals surface area contributed by atoms with Crippen molar-refractivity contribution in [1.29, 1.82) is 0 Å². The standard InChI is InChI=1S/C20H28N2O2/c1-3-7-16(8-4-2)20(23)22-13-11-15(12-14-22)19-21-17-9-5-6-10-18(17)24-19/h5-6,9-10,15-16H,3-4,7-8,11-14H2,1-2H3. The van der Waals surface area contributed by atoms with Crippen LogP contribution in [-0.2, 0) is 4.79 Å². The zero-order valence-electron chi connectivity index (χ0n) is 14.8. The van der Waals surface area contributed by atoms with Crippen molar-refractivity contribution in [3.63, 3.8) is 0 Å². The summed E-state index contributed by atoms with van der Waals surface area (Å²) in [5.74, 6) is 1.73. The quantitative estimate of drug-likeness (QED) is 0.768. The number of hydrogen-bond donors (Lipinski definition) is 0. The number of fused-ring (bicyclic) bond motifs is 1. The van der Waals surface area contributed by atoms with Crippen molar-refractivity contribution in [3.05, 3.63) is 30.2 Å². The fraction of sp³-hybridized carbons (Fsp3) is 0.600. The molecule has 0 radical (unpaired) electrons. The normalized spacial score (nSPS) is 16.2. The van der Waals surface area contributed by atoms with Crippen LogP contribution in [0.3, 0.4) is 0 Å². The fourth-order valence-corrected chi connectivity index (χ4v) is 3.76. The minimum Gasteiger partial charge on any atom is -0.440 e. The first-order valence-corrected chi connectivity index (χ1v) is 9.37. The van der Waals surface area contributed by atoms with Gasteiger partial charge >= 0.3 is 0 Å². The summed E-state index contributed by atoms with van der Waals surface area (Å²) in [6, 6.07) is 7.91. The second kappa shape index (κ2) is 7.82. The molecule has 0 aliphatic carbocycles. The maximum atomic E-state index is 12.7. The lowest BCUT2D eigenvalue weighted by Crippen LogP contribution is -2.41. The number of nitrogens with zero attached hydrogens (tertiary/aromatic N) is 2. The van der Waals surface area contributed by atoms with Crippen molar-refractivity contribution in [2.24, 2.45) is 5.92 Å². The number of amides is 1. The summed E-state index contributed by atoms with van der Waals surface area (Å²) >= 11 is 0. The van der Waals surface area contributed by atoms with Gasteiger partial charge in [-0.05, 0) is 37.8 Å². The van der Waals surface area contributed by atoms with Crippen LogP contribution in [0.5, 0.6) is 0 Å². The molecule has 1 aromatic carbocycles. The average molecular weight is 328 g/mol. The highest BCUT2D eigenvalue weighted by molar-refractivity contribution is 5.79. The number of carbonyl (C=O) groups excluding carboxylic acids is 1. The number of carbonyl (C=O) groups is 1. The molecular formula is C20H28N2O2. The largest absolute Gasteiger partial charge is 0.440 e. The molecule has 1 fully saturated rings. The van der Waals surface area contributed by atoms with E-state index in [0.29, 0.717) is 11.8 Å². The highest BCUT2D eigenvalue weighted by Crippen LogP contribution is 2.31. The van der Waals surface area contributed by atoms with E-state index in [1.54, 1.807) is 0 Å². The Morgan fingerprint density at radius 2 is 1.88 bits per heavy atom. The minimum atomic E-state index is 0.209. The Bertz CT molecular complexity index is 632. The highest BCUT2D eigenvalue weighted by atomic mass is 16.3. The molecule has 0 atom stereocenters. The lowest BCUT2D eigenvalue weighted by molar-refractivity contribution is -0.137. The first-order chi connectivity index (χ1) is 11.7. The molecule has 4 nitrogen and oxygen atoms in total. The van der Waals surface area contributed by atoms with Gasteiger partial charge in [0.2, 0.25) is 5.91 Å². The molecule has 0 unspecified atom stereocenters. The Labute approximate surface area is 144 Å². The number of hydrogen-bond acceptors (Lipinski definition) is 3. The van der Waals surface area contributed by atoms with Crippen molar-refractivity contribution in [3.8, 4) is 0 Å². The van der Waals surface area contributed by atoms with Gasteiger partial charge in [-0.1, -0.05) is 38.8 Å². The number of aromatic nitrogens is 1. The lowest BCUT2D eigenvalue weighted by Gasteiger charge is -2.33. The molecule has 0 saturated carbocycles. The van der Waals surface area contributed by atoms with Crippen LogP contribution >= 0.6 is 0 Å². The molecule has 2 aromatic rings. The summed E-state index contributed by atoms with van der Waals surface area (Å²) in [5, 5.41) is 0. The van der Waals surface area contributed by atoms with Crippen molar-refractivity contribution in [2.45, 2.75) is 58.3 Å². The molecule has 2 heterocycles. The van der Waals surface area contributed by atoms with Gasteiger partial charge in [0, 0.05) is 24.9 Å². The Balaban J connectivity index is 1.61. The maximum absolute atomic E-state index is 12.7. The van der Waals surface area contributed by atoms with Gasteiger partial charge in [-0.2, -0.15) is 0 Å². The van der Waals surface area contributed by atoms with Crippen molar-refractivity contribution >= 4 is 17.0 Å². The predicted octanol–water partition coefficient (Wildman–Crippen LogP) is 4.75. The second-order valence-corrected chi connectivity index (χ2v) is 6.89. The van der Waals surface area contributed by atoms with E-state index in [2.05, 4.69) is 23.7 Å². The van der Waals surface area contributed by atoms with E-state index in [1.807, 2.05) is 24.3 Å². The van der Waals surface area contributed by atoms with E-state index in [-0.39, 0.29) is 5.92 Å². The topological polar surface area (TPSA) is 46.3 Å². The van der Waals surface area contributed by atoms with E-state index in [0.717, 1.165) is 68.6 Å². The molecule has 0 N–H and O–H groups in total. The minimum absolute atomic E-state index is 0.209. The monoisotopic (exact) mass is 328 g/mol. The van der Waals surface area contributed by atoms with Crippen molar-refractivity contribution in [2.75, 3.05) is 13.1 Å². The fourth-order valence-electron chi connectivity index (χ4n) is 3.76. The van der Waals surface area contributed by atoms with Crippen LogP contribution in [0.25, 0.3) is 11.1 Å². The van der Waals surface area contributed by atoms with Gasteiger partial charge < -0.3 is 9.32 Å². The molecule has 1 saturated heterocycles. The summed E-state index contributed by atoms with van der Waals surface area (Å²) < 4.78 is 5.91. The van der Waals surface area contributed by atoms with Gasteiger partial charge in [0.25, 0.3) is 0 Å². The van der Waals surface area contributed by atoms with Crippen LogP contribution in [0.2, 0.25) is 0 Å². The molecule has 130 valence electrons. The molecule has 3 rings (SSSR count). The van der Waals surface area contributed by atoms with Crippen LogP contribution in [0.15, 0.2) is 28.7 Å². The van der Waals surface area contributed by atoms with E-state index >= 15 is 0 Å². The van der Waals surface area contributed by atoms with Gasteiger partial charge in [-0.15, -0.1) is 0 Å².